The van der Waals surface area contributed by atoms with Crippen LogP contribution >= 0.6 is 11.3 Å². The minimum absolute atomic E-state index is 0.0264. The topological polar surface area (TPSA) is 58.6 Å². The van der Waals surface area contributed by atoms with E-state index in [0.29, 0.717) is 17.0 Å². The Balaban J connectivity index is 2.15. The van der Waals surface area contributed by atoms with Gasteiger partial charge in [0.15, 0.2) is 0 Å². The number of carbonyl (C=O) groups excluding carboxylic acids is 2. The third kappa shape index (κ3) is 4.45. The molecule has 0 aromatic carbocycles. The summed E-state index contributed by atoms with van der Waals surface area (Å²) in [5.41, 5.74) is 0.965. The lowest BCUT2D eigenvalue weighted by molar-refractivity contribution is -0.183. The van der Waals surface area contributed by atoms with E-state index in [4.69, 9.17) is 4.74 Å². The molecule has 2 rings (SSSR count). The van der Waals surface area contributed by atoms with E-state index in [2.05, 4.69) is 5.32 Å². The van der Waals surface area contributed by atoms with Crippen molar-refractivity contribution in [2.75, 3.05) is 25.0 Å². The number of esters is 1. The number of amides is 2. The van der Waals surface area contributed by atoms with Gasteiger partial charge >= 0.3 is 18.2 Å². The van der Waals surface area contributed by atoms with E-state index < -0.39 is 24.1 Å². The van der Waals surface area contributed by atoms with E-state index in [1.165, 1.54) is 11.3 Å². The van der Waals surface area contributed by atoms with Gasteiger partial charge in [-0.15, -0.1) is 11.3 Å². The molecule has 1 aromatic heterocycles. The number of anilines is 1. The number of aryl methyl sites for hydroxylation is 1. The van der Waals surface area contributed by atoms with Crippen LogP contribution in [-0.4, -0.2) is 42.8 Å². The minimum atomic E-state index is -4.31. The van der Waals surface area contributed by atoms with Gasteiger partial charge in [0.1, 0.15) is 5.00 Å². The average Bonchev–Trinajstić information content (AvgIpc) is 2.81. The second-order valence-corrected chi connectivity index (χ2v) is 7.19. The quantitative estimate of drug-likeness (QED) is 0.796. The number of thiophene rings is 1. The Labute approximate surface area is 148 Å². The summed E-state index contributed by atoms with van der Waals surface area (Å²) in [6.45, 7) is 5.31. The first-order valence-electron chi connectivity index (χ1n) is 8.04. The van der Waals surface area contributed by atoms with Gasteiger partial charge in [0.2, 0.25) is 0 Å². The van der Waals surface area contributed by atoms with Gasteiger partial charge in [-0.25, -0.2) is 9.59 Å². The van der Waals surface area contributed by atoms with Crippen molar-refractivity contribution in [3.8, 4) is 0 Å². The van der Waals surface area contributed by atoms with Gasteiger partial charge in [-0.2, -0.15) is 13.2 Å². The molecule has 0 bridgehead atoms. The monoisotopic (exact) mass is 378 g/mol. The summed E-state index contributed by atoms with van der Waals surface area (Å²) in [4.78, 5) is 26.5. The number of urea groups is 1. The number of rotatable bonds is 3. The number of alkyl halides is 3. The van der Waals surface area contributed by atoms with Crippen molar-refractivity contribution in [3.63, 3.8) is 0 Å². The van der Waals surface area contributed by atoms with Crippen LogP contribution in [0.3, 0.4) is 0 Å². The molecular weight excluding hydrogens is 357 g/mol. The fraction of sp³-hybridized carbons (Fsp3) is 0.625. The van der Waals surface area contributed by atoms with E-state index in [1.54, 1.807) is 20.8 Å². The first-order valence-corrected chi connectivity index (χ1v) is 8.86. The summed E-state index contributed by atoms with van der Waals surface area (Å²) in [6.07, 6.45) is -3.99. The van der Waals surface area contributed by atoms with Crippen LogP contribution in [0.5, 0.6) is 0 Å². The van der Waals surface area contributed by atoms with Crippen LogP contribution in [0.2, 0.25) is 0 Å². The van der Waals surface area contributed by atoms with Crippen LogP contribution in [0.4, 0.5) is 23.0 Å². The highest BCUT2D eigenvalue weighted by atomic mass is 32.1. The van der Waals surface area contributed by atoms with Gasteiger partial charge < -0.3 is 9.64 Å². The third-order valence-corrected chi connectivity index (χ3v) is 5.38. The molecule has 1 saturated heterocycles. The fourth-order valence-electron chi connectivity index (χ4n) is 2.77. The zero-order valence-electron chi connectivity index (χ0n) is 14.3. The molecule has 5 nitrogen and oxygen atoms in total. The lowest BCUT2D eigenvalue weighted by atomic mass is 9.98. The zero-order valence-corrected chi connectivity index (χ0v) is 15.1. The highest BCUT2D eigenvalue weighted by Crippen LogP contribution is 2.35. The summed E-state index contributed by atoms with van der Waals surface area (Å²) in [5, 5.41) is 2.90. The number of piperidine rings is 1. The molecule has 9 heteroatoms. The SMILES string of the molecule is CCOC(=O)c1c(NC(=O)N2CCCC(C(F)(F)F)C2)sc(C)c1C. The number of nitrogens with one attached hydrogen (secondary N) is 1. The second-order valence-electron chi connectivity index (χ2n) is 5.96. The molecule has 2 amide bonds. The van der Waals surface area contributed by atoms with Crippen LogP contribution < -0.4 is 5.32 Å². The molecule has 0 radical (unpaired) electrons. The van der Waals surface area contributed by atoms with Crippen molar-refractivity contribution in [2.24, 2.45) is 5.92 Å². The lowest BCUT2D eigenvalue weighted by Crippen LogP contribution is -2.46. The highest BCUT2D eigenvalue weighted by molar-refractivity contribution is 7.16. The van der Waals surface area contributed by atoms with Crippen molar-refractivity contribution >= 4 is 28.3 Å². The van der Waals surface area contributed by atoms with Crippen LogP contribution in [0.1, 0.15) is 40.6 Å². The fourth-order valence-corrected chi connectivity index (χ4v) is 3.81. The molecule has 0 aliphatic carbocycles. The molecule has 0 spiro atoms. The maximum absolute atomic E-state index is 12.9. The molecule has 0 saturated carbocycles. The van der Waals surface area contributed by atoms with E-state index in [-0.39, 0.29) is 31.7 Å². The van der Waals surface area contributed by atoms with Crippen molar-refractivity contribution in [1.82, 2.24) is 4.90 Å². The smallest absolute Gasteiger partial charge is 0.393 e. The molecule has 25 heavy (non-hydrogen) atoms. The van der Waals surface area contributed by atoms with Gasteiger partial charge in [0, 0.05) is 18.0 Å². The predicted molar refractivity (Wildman–Crippen MR) is 89.1 cm³/mol. The standard InChI is InChI=1S/C16H21F3N2O3S/c1-4-24-14(22)12-9(2)10(3)25-13(12)20-15(23)21-7-5-6-11(8-21)16(17,18)19/h11H,4-8H2,1-3H3,(H,20,23). The van der Waals surface area contributed by atoms with Crippen LogP contribution in [0.25, 0.3) is 0 Å². The maximum atomic E-state index is 12.9. The summed E-state index contributed by atoms with van der Waals surface area (Å²) in [6, 6.07) is -0.624. The average molecular weight is 378 g/mol. The van der Waals surface area contributed by atoms with Gasteiger partial charge in [-0.3, -0.25) is 5.32 Å². The van der Waals surface area contributed by atoms with E-state index in [1.807, 2.05) is 0 Å². The molecule has 1 N–H and O–H groups in total. The molecule has 1 unspecified atom stereocenters. The molecule has 1 fully saturated rings. The van der Waals surface area contributed by atoms with Crippen LogP contribution in [0, 0.1) is 19.8 Å². The Bertz CT molecular complexity index is 658. The normalized spacial score (nSPS) is 18.2. The molecule has 1 aliphatic heterocycles. The number of nitrogens with zero attached hydrogens (tertiary/aromatic N) is 1. The largest absolute Gasteiger partial charge is 0.462 e. The predicted octanol–water partition coefficient (Wildman–Crippen LogP) is 4.35. The minimum Gasteiger partial charge on any atom is -0.462 e. The summed E-state index contributed by atoms with van der Waals surface area (Å²) < 4.78 is 43.7. The first-order chi connectivity index (χ1) is 11.6. The highest BCUT2D eigenvalue weighted by Gasteiger charge is 2.42. The summed E-state index contributed by atoms with van der Waals surface area (Å²) in [5.74, 6) is -2.06. The molecule has 1 atom stereocenters. The Morgan fingerprint density at radius 2 is 2.04 bits per heavy atom. The van der Waals surface area contributed by atoms with Crippen molar-refractivity contribution in [3.05, 3.63) is 16.0 Å². The zero-order chi connectivity index (χ0) is 18.8. The number of hydrogen-bond donors (Lipinski definition) is 1. The molecule has 1 aliphatic rings. The van der Waals surface area contributed by atoms with Crippen molar-refractivity contribution < 1.29 is 27.5 Å². The van der Waals surface area contributed by atoms with Gasteiger partial charge in [0.05, 0.1) is 18.1 Å². The Kier molecular flexibility index (Phi) is 5.97. The Hall–Kier alpha value is -1.77. The maximum Gasteiger partial charge on any atom is 0.393 e. The molecule has 140 valence electrons. The van der Waals surface area contributed by atoms with Gasteiger partial charge in [0.25, 0.3) is 0 Å². The van der Waals surface area contributed by atoms with E-state index >= 15 is 0 Å². The number of hydrogen-bond acceptors (Lipinski definition) is 4. The third-order valence-electron chi connectivity index (χ3n) is 4.26. The molecule has 1 aromatic rings. The van der Waals surface area contributed by atoms with Gasteiger partial charge in [-0.05, 0) is 39.2 Å². The molecular formula is C16H21F3N2O3S. The Morgan fingerprint density at radius 3 is 2.64 bits per heavy atom. The van der Waals surface area contributed by atoms with Gasteiger partial charge in [-0.1, -0.05) is 0 Å². The van der Waals surface area contributed by atoms with Crippen LogP contribution in [0.15, 0.2) is 0 Å². The summed E-state index contributed by atoms with van der Waals surface area (Å²) >= 11 is 1.21. The summed E-state index contributed by atoms with van der Waals surface area (Å²) in [7, 11) is 0. The van der Waals surface area contributed by atoms with Crippen molar-refractivity contribution in [2.45, 2.75) is 39.8 Å². The number of likely N-dealkylation sites (tertiary alicyclic amines) is 1. The van der Waals surface area contributed by atoms with E-state index in [0.717, 1.165) is 9.78 Å². The van der Waals surface area contributed by atoms with E-state index in [9.17, 15) is 22.8 Å². The first kappa shape index (κ1) is 19.6. The Morgan fingerprint density at radius 1 is 1.36 bits per heavy atom. The number of halogens is 3. The number of ether oxygens (including phenoxy) is 1. The van der Waals surface area contributed by atoms with Crippen molar-refractivity contribution in [1.29, 1.82) is 0 Å². The van der Waals surface area contributed by atoms with Crippen LogP contribution in [-0.2, 0) is 4.74 Å². The number of carbonyl (C=O) groups is 2. The molecule has 2 heterocycles. The lowest BCUT2D eigenvalue weighted by Gasteiger charge is -2.33. The second kappa shape index (κ2) is 7.63.